The molecule has 0 bridgehead atoms. The minimum absolute atomic E-state index is 0.105. The van der Waals surface area contributed by atoms with E-state index >= 15 is 0 Å². The summed E-state index contributed by atoms with van der Waals surface area (Å²) in [5, 5.41) is 11.0. The Bertz CT molecular complexity index is 660. The lowest BCUT2D eigenvalue weighted by Gasteiger charge is -2.25. The highest BCUT2D eigenvalue weighted by atomic mass is 16.5. The lowest BCUT2D eigenvalue weighted by molar-refractivity contribution is 0.181. The van der Waals surface area contributed by atoms with E-state index in [-0.39, 0.29) is 6.61 Å². The third-order valence-electron chi connectivity index (χ3n) is 3.83. The Balaban J connectivity index is 1.76. The monoisotopic (exact) mass is 266 g/mol. The van der Waals surface area contributed by atoms with E-state index in [2.05, 4.69) is 24.0 Å². The van der Waals surface area contributed by atoms with Crippen LogP contribution in [0.25, 0.3) is 10.8 Å². The molecule has 0 aromatic heterocycles. The number of fused-ring (bicyclic) bond motifs is 1. The maximum absolute atomic E-state index is 8.72. The van der Waals surface area contributed by atoms with Crippen molar-refractivity contribution < 1.29 is 9.84 Å². The Morgan fingerprint density at radius 3 is 2.65 bits per heavy atom. The third kappa shape index (κ3) is 2.95. The average molecular weight is 266 g/mol. The van der Waals surface area contributed by atoms with Gasteiger partial charge in [-0.25, -0.2) is 0 Å². The van der Waals surface area contributed by atoms with Gasteiger partial charge in [-0.3, -0.25) is 0 Å². The third-order valence-corrected chi connectivity index (χ3v) is 3.83. The summed E-state index contributed by atoms with van der Waals surface area (Å²) < 4.78 is 5.85. The molecule has 2 heteroatoms. The van der Waals surface area contributed by atoms with Crippen LogP contribution >= 0.6 is 0 Å². The van der Waals surface area contributed by atoms with Crippen LogP contribution < -0.4 is 4.74 Å². The largest absolute Gasteiger partial charge is 0.493 e. The number of hydrogen-bond donors (Lipinski definition) is 1. The highest BCUT2D eigenvalue weighted by molar-refractivity contribution is 5.85. The summed E-state index contributed by atoms with van der Waals surface area (Å²) in [5.74, 6) is 7.29. The highest BCUT2D eigenvalue weighted by Crippen LogP contribution is 2.28. The second kappa shape index (κ2) is 5.98. The molecule has 0 amide bonds. The van der Waals surface area contributed by atoms with Crippen LogP contribution in [0, 0.1) is 17.8 Å². The molecule has 1 N–H and O–H groups in total. The zero-order chi connectivity index (χ0) is 13.8. The zero-order valence-corrected chi connectivity index (χ0v) is 11.4. The first-order valence-corrected chi connectivity index (χ1v) is 7.11. The second-order valence-electron chi connectivity index (χ2n) is 5.29. The molecule has 1 fully saturated rings. The zero-order valence-electron chi connectivity index (χ0n) is 11.4. The quantitative estimate of drug-likeness (QED) is 0.863. The van der Waals surface area contributed by atoms with Gasteiger partial charge in [-0.15, -0.1) is 0 Å². The Hall–Kier alpha value is -1.98. The number of hydrogen-bond acceptors (Lipinski definition) is 2. The molecule has 2 aromatic carbocycles. The molecule has 2 nitrogen and oxygen atoms in total. The summed E-state index contributed by atoms with van der Waals surface area (Å²) >= 11 is 0. The van der Waals surface area contributed by atoms with Crippen molar-refractivity contribution in [3.63, 3.8) is 0 Å². The van der Waals surface area contributed by atoms with Crippen molar-refractivity contribution in [2.24, 2.45) is 5.92 Å². The van der Waals surface area contributed by atoms with Gasteiger partial charge in [0, 0.05) is 5.56 Å². The predicted octanol–water partition coefficient (Wildman–Crippen LogP) is 3.36. The molecule has 0 radical (unpaired) electrons. The van der Waals surface area contributed by atoms with E-state index < -0.39 is 0 Å². The Kier molecular flexibility index (Phi) is 3.90. The van der Waals surface area contributed by atoms with Crippen molar-refractivity contribution in [2.75, 3.05) is 13.2 Å². The van der Waals surface area contributed by atoms with Gasteiger partial charge in [0.25, 0.3) is 0 Å². The molecular weight excluding hydrogens is 248 g/mol. The van der Waals surface area contributed by atoms with Crippen molar-refractivity contribution in [3.8, 4) is 17.6 Å². The van der Waals surface area contributed by atoms with Crippen molar-refractivity contribution >= 4 is 10.8 Å². The van der Waals surface area contributed by atoms with E-state index in [9.17, 15) is 0 Å². The Morgan fingerprint density at radius 2 is 1.90 bits per heavy atom. The Labute approximate surface area is 119 Å². The molecule has 0 saturated heterocycles. The summed E-state index contributed by atoms with van der Waals surface area (Å²) in [7, 11) is 0. The summed E-state index contributed by atoms with van der Waals surface area (Å²) in [5.41, 5.74) is 0.926. The summed E-state index contributed by atoms with van der Waals surface area (Å²) in [6.07, 6.45) is 3.96. The van der Waals surface area contributed by atoms with E-state index in [1.54, 1.807) is 0 Å². The van der Waals surface area contributed by atoms with Crippen LogP contribution in [0.4, 0.5) is 0 Å². The summed E-state index contributed by atoms with van der Waals surface area (Å²) in [6, 6.07) is 12.2. The van der Waals surface area contributed by atoms with Crippen LogP contribution in [0.15, 0.2) is 36.4 Å². The molecule has 0 heterocycles. The van der Waals surface area contributed by atoms with E-state index in [1.807, 2.05) is 24.3 Å². The number of ether oxygens (including phenoxy) is 1. The molecule has 0 unspecified atom stereocenters. The predicted molar refractivity (Wildman–Crippen MR) is 80.7 cm³/mol. The maximum atomic E-state index is 8.72. The van der Waals surface area contributed by atoms with E-state index in [1.165, 1.54) is 19.3 Å². The van der Waals surface area contributed by atoms with Crippen LogP contribution in [-0.4, -0.2) is 18.3 Å². The normalized spacial score (nSPS) is 14.4. The fraction of sp³-hybridized carbons (Fsp3) is 0.333. The number of aliphatic hydroxyl groups is 1. The van der Waals surface area contributed by atoms with Crippen molar-refractivity contribution in [1.82, 2.24) is 0 Å². The minimum Gasteiger partial charge on any atom is -0.493 e. The maximum Gasteiger partial charge on any atom is 0.119 e. The first kappa shape index (κ1) is 13.0. The van der Waals surface area contributed by atoms with Gasteiger partial charge in [0.1, 0.15) is 12.4 Å². The first-order valence-electron chi connectivity index (χ1n) is 7.11. The first-order chi connectivity index (χ1) is 9.85. The number of aliphatic hydroxyl groups excluding tert-OH is 1. The minimum atomic E-state index is -0.105. The summed E-state index contributed by atoms with van der Waals surface area (Å²) in [4.78, 5) is 0. The second-order valence-corrected chi connectivity index (χ2v) is 5.29. The molecule has 1 aliphatic carbocycles. The van der Waals surface area contributed by atoms with Crippen LogP contribution in [0.3, 0.4) is 0 Å². The van der Waals surface area contributed by atoms with Crippen molar-refractivity contribution in [2.45, 2.75) is 19.3 Å². The molecule has 0 aliphatic heterocycles. The SMILES string of the molecule is OCC#Cc1ccc2cc(OCC3CCC3)ccc2c1. The fourth-order valence-corrected chi connectivity index (χ4v) is 2.41. The van der Waals surface area contributed by atoms with Crippen LogP contribution in [0.2, 0.25) is 0 Å². The van der Waals surface area contributed by atoms with E-state index in [0.29, 0.717) is 0 Å². The van der Waals surface area contributed by atoms with Crippen molar-refractivity contribution in [3.05, 3.63) is 42.0 Å². The standard InChI is InChI=1S/C18H18O2/c19-10-2-5-14-6-7-17-12-18(9-8-16(17)11-14)20-13-15-3-1-4-15/h6-9,11-12,15,19H,1,3-4,10,13H2. The number of benzene rings is 2. The smallest absolute Gasteiger partial charge is 0.119 e. The van der Waals surface area contributed by atoms with Gasteiger partial charge in [-0.2, -0.15) is 0 Å². The lowest BCUT2D eigenvalue weighted by Crippen LogP contribution is -2.19. The van der Waals surface area contributed by atoms with Gasteiger partial charge < -0.3 is 9.84 Å². The van der Waals surface area contributed by atoms with Crippen LogP contribution in [0.1, 0.15) is 24.8 Å². The number of rotatable bonds is 3. The van der Waals surface area contributed by atoms with Gasteiger partial charge in [0.05, 0.1) is 6.61 Å². The van der Waals surface area contributed by atoms with E-state index in [4.69, 9.17) is 9.84 Å². The van der Waals surface area contributed by atoms with Crippen molar-refractivity contribution in [1.29, 1.82) is 0 Å². The molecule has 102 valence electrons. The van der Waals surface area contributed by atoms with Gasteiger partial charge in [0.15, 0.2) is 0 Å². The Morgan fingerprint density at radius 1 is 1.10 bits per heavy atom. The van der Waals surface area contributed by atoms with Gasteiger partial charge in [0.2, 0.25) is 0 Å². The van der Waals surface area contributed by atoms with Crippen LogP contribution in [-0.2, 0) is 0 Å². The van der Waals surface area contributed by atoms with E-state index in [0.717, 1.165) is 34.6 Å². The molecule has 3 rings (SSSR count). The topological polar surface area (TPSA) is 29.5 Å². The molecule has 0 atom stereocenters. The molecular formula is C18H18O2. The molecule has 0 spiro atoms. The molecule has 2 aromatic rings. The highest BCUT2D eigenvalue weighted by Gasteiger charge is 2.17. The van der Waals surface area contributed by atoms with Crippen LogP contribution in [0.5, 0.6) is 5.75 Å². The molecule has 20 heavy (non-hydrogen) atoms. The van der Waals surface area contributed by atoms with Gasteiger partial charge in [-0.05, 0) is 53.8 Å². The molecule has 1 saturated carbocycles. The lowest BCUT2D eigenvalue weighted by atomic mass is 9.86. The van der Waals surface area contributed by atoms with Gasteiger partial charge in [-0.1, -0.05) is 30.4 Å². The summed E-state index contributed by atoms with van der Waals surface area (Å²) in [6.45, 7) is 0.734. The average Bonchev–Trinajstić information content (AvgIpc) is 2.43. The fourth-order valence-electron chi connectivity index (χ4n) is 2.41. The molecule has 1 aliphatic rings. The van der Waals surface area contributed by atoms with Gasteiger partial charge >= 0.3 is 0 Å².